The Morgan fingerprint density at radius 2 is 2.24 bits per heavy atom. The molecule has 0 aliphatic carbocycles. The first-order valence-electron chi connectivity index (χ1n) is 6.20. The van der Waals surface area contributed by atoms with Crippen LogP contribution < -0.4 is 5.56 Å². The summed E-state index contributed by atoms with van der Waals surface area (Å²) in [7, 11) is 0. The third-order valence-electron chi connectivity index (χ3n) is 3.40. The molecule has 10 heteroatoms. The Balaban J connectivity index is 2.09. The number of thioether (sulfide) groups is 1. The van der Waals surface area contributed by atoms with Crippen LogP contribution >= 0.6 is 11.8 Å². The highest BCUT2D eigenvalue weighted by molar-refractivity contribution is 7.98. The molecule has 0 bridgehead atoms. The number of imidazole rings is 1. The quantitative estimate of drug-likeness (QED) is 0.395. The average Bonchev–Trinajstić information content (AvgIpc) is 3.02. The van der Waals surface area contributed by atoms with Gasteiger partial charge in [0.15, 0.2) is 22.5 Å². The molecule has 9 nitrogen and oxygen atoms in total. The van der Waals surface area contributed by atoms with Crippen molar-refractivity contribution in [2.75, 3.05) is 12.9 Å². The van der Waals surface area contributed by atoms with E-state index in [-0.39, 0.29) is 11.2 Å². The summed E-state index contributed by atoms with van der Waals surface area (Å²) in [5.74, 6) is 0. The van der Waals surface area contributed by atoms with E-state index < -0.39 is 36.7 Å². The second-order valence-electron chi connectivity index (χ2n) is 4.63. The fraction of sp³-hybridized carbons (Fsp3) is 0.545. The van der Waals surface area contributed by atoms with Gasteiger partial charge in [-0.2, -0.15) is 0 Å². The number of nitrogens with zero attached hydrogens (tertiary/aromatic N) is 3. The molecular weight excluding hydrogens is 300 g/mol. The average molecular weight is 314 g/mol. The molecule has 1 aliphatic heterocycles. The zero-order chi connectivity index (χ0) is 15.1. The first-order valence-corrected chi connectivity index (χ1v) is 7.42. The third kappa shape index (κ3) is 2.24. The molecule has 1 saturated heterocycles. The molecule has 0 unspecified atom stereocenters. The summed E-state index contributed by atoms with van der Waals surface area (Å²) in [5, 5.41) is 29.3. The predicted molar refractivity (Wildman–Crippen MR) is 72.9 cm³/mol. The number of rotatable bonds is 3. The van der Waals surface area contributed by atoms with Crippen molar-refractivity contribution in [3.8, 4) is 0 Å². The van der Waals surface area contributed by atoms with Gasteiger partial charge in [0.05, 0.1) is 12.9 Å². The highest BCUT2D eigenvalue weighted by Gasteiger charge is 2.44. The van der Waals surface area contributed by atoms with Crippen molar-refractivity contribution in [2.45, 2.75) is 29.7 Å². The highest BCUT2D eigenvalue weighted by Crippen LogP contribution is 2.30. The number of hydrogen-bond donors (Lipinski definition) is 4. The summed E-state index contributed by atoms with van der Waals surface area (Å²) < 4.78 is 6.80. The van der Waals surface area contributed by atoms with Gasteiger partial charge in [0.25, 0.3) is 5.56 Å². The number of aliphatic hydroxyl groups is 3. The van der Waals surface area contributed by atoms with E-state index >= 15 is 0 Å². The van der Waals surface area contributed by atoms with Crippen molar-refractivity contribution in [3.63, 3.8) is 0 Å². The summed E-state index contributed by atoms with van der Waals surface area (Å²) in [6, 6.07) is 0. The third-order valence-corrected chi connectivity index (χ3v) is 3.98. The van der Waals surface area contributed by atoms with E-state index in [9.17, 15) is 15.0 Å². The first-order chi connectivity index (χ1) is 10.1. The molecule has 0 saturated carbocycles. The molecule has 2 aromatic heterocycles. The topological polar surface area (TPSA) is 133 Å². The molecule has 4 N–H and O–H groups in total. The van der Waals surface area contributed by atoms with E-state index in [2.05, 4.69) is 15.0 Å². The van der Waals surface area contributed by atoms with E-state index in [1.54, 1.807) is 6.26 Å². The SMILES string of the molecule is CSc1nc2c(ncn2[C@@H]2O[C@H](CO)[C@@H](O)[C@H]2O)c(=O)[nH]1. The molecule has 3 heterocycles. The monoisotopic (exact) mass is 314 g/mol. The van der Waals surface area contributed by atoms with Crippen LogP contribution in [0.5, 0.6) is 0 Å². The molecule has 0 radical (unpaired) electrons. The molecule has 4 atom stereocenters. The van der Waals surface area contributed by atoms with Crippen LogP contribution in [0, 0.1) is 0 Å². The summed E-state index contributed by atoms with van der Waals surface area (Å²) in [6.45, 7) is -0.425. The van der Waals surface area contributed by atoms with E-state index in [0.717, 1.165) is 0 Å². The normalized spacial score (nSPS) is 29.3. The van der Waals surface area contributed by atoms with Gasteiger partial charge in [-0.3, -0.25) is 14.3 Å². The summed E-state index contributed by atoms with van der Waals surface area (Å²) >= 11 is 1.26. The maximum absolute atomic E-state index is 11.9. The number of H-pyrrole nitrogens is 1. The lowest BCUT2D eigenvalue weighted by molar-refractivity contribution is -0.0511. The molecule has 21 heavy (non-hydrogen) atoms. The van der Waals surface area contributed by atoms with Gasteiger partial charge < -0.3 is 20.1 Å². The lowest BCUT2D eigenvalue weighted by Crippen LogP contribution is -2.33. The maximum atomic E-state index is 11.9. The van der Waals surface area contributed by atoms with Crippen molar-refractivity contribution >= 4 is 22.9 Å². The summed E-state index contributed by atoms with van der Waals surface area (Å²) in [4.78, 5) is 22.6. The second kappa shape index (κ2) is 5.39. The minimum atomic E-state index is -1.25. The second-order valence-corrected chi connectivity index (χ2v) is 5.42. The molecule has 0 amide bonds. The van der Waals surface area contributed by atoms with Gasteiger partial charge in [-0.1, -0.05) is 11.8 Å². The predicted octanol–water partition coefficient (Wildman–Crippen LogP) is -1.55. The first kappa shape index (κ1) is 14.5. The number of fused-ring (bicyclic) bond motifs is 1. The minimum absolute atomic E-state index is 0.116. The Hall–Kier alpha value is -1.46. The fourth-order valence-corrected chi connectivity index (χ4v) is 2.67. The molecule has 2 aromatic rings. The summed E-state index contributed by atoms with van der Waals surface area (Å²) in [5.41, 5.74) is -0.0293. The van der Waals surface area contributed by atoms with Crippen LogP contribution in [0.3, 0.4) is 0 Å². The molecular formula is C11H14N4O5S. The number of aromatic amines is 1. The zero-order valence-corrected chi connectivity index (χ0v) is 11.8. The molecule has 3 rings (SSSR count). The number of hydrogen-bond acceptors (Lipinski definition) is 8. The fourth-order valence-electron chi connectivity index (χ4n) is 2.30. The number of ether oxygens (including phenoxy) is 1. The highest BCUT2D eigenvalue weighted by atomic mass is 32.2. The van der Waals surface area contributed by atoms with Gasteiger partial charge in [-0.25, -0.2) is 9.97 Å². The van der Waals surface area contributed by atoms with Crippen LogP contribution in [0.4, 0.5) is 0 Å². The van der Waals surface area contributed by atoms with Crippen molar-refractivity contribution < 1.29 is 20.1 Å². The Kier molecular flexibility index (Phi) is 3.71. The molecule has 114 valence electrons. The Morgan fingerprint density at radius 1 is 1.48 bits per heavy atom. The van der Waals surface area contributed by atoms with E-state index in [1.165, 1.54) is 22.7 Å². The maximum Gasteiger partial charge on any atom is 0.279 e. The van der Waals surface area contributed by atoms with E-state index in [4.69, 9.17) is 9.84 Å². The minimum Gasteiger partial charge on any atom is -0.394 e. The van der Waals surface area contributed by atoms with Crippen LogP contribution in [0.25, 0.3) is 11.2 Å². The van der Waals surface area contributed by atoms with Crippen molar-refractivity contribution in [1.82, 2.24) is 19.5 Å². The van der Waals surface area contributed by atoms with Crippen LogP contribution in [0.15, 0.2) is 16.3 Å². The van der Waals surface area contributed by atoms with E-state index in [1.807, 2.05) is 0 Å². The summed E-state index contributed by atoms with van der Waals surface area (Å²) in [6.07, 6.45) is -1.26. The van der Waals surface area contributed by atoms with Gasteiger partial charge >= 0.3 is 0 Å². The zero-order valence-electron chi connectivity index (χ0n) is 11.0. The van der Waals surface area contributed by atoms with Crippen molar-refractivity contribution in [3.05, 3.63) is 16.7 Å². The van der Waals surface area contributed by atoms with Crippen LogP contribution in [0.2, 0.25) is 0 Å². The Morgan fingerprint density at radius 3 is 2.86 bits per heavy atom. The van der Waals surface area contributed by atoms with Gasteiger partial charge in [0.2, 0.25) is 0 Å². The molecule has 1 aliphatic rings. The van der Waals surface area contributed by atoms with Crippen molar-refractivity contribution in [2.24, 2.45) is 0 Å². The number of aliphatic hydroxyl groups excluding tert-OH is 3. The Labute approximate surface area is 122 Å². The van der Waals surface area contributed by atoms with Crippen LogP contribution in [-0.2, 0) is 4.74 Å². The van der Waals surface area contributed by atoms with Gasteiger partial charge in [-0.05, 0) is 6.26 Å². The molecule has 0 aromatic carbocycles. The van der Waals surface area contributed by atoms with E-state index in [0.29, 0.717) is 5.16 Å². The lowest BCUT2D eigenvalue weighted by atomic mass is 10.1. The molecule has 0 spiro atoms. The number of aromatic nitrogens is 4. The molecule has 1 fully saturated rings. The van der Waals surface area contributed by atoms with Gasteiger partial charge in [0.1, 0.15) is 18.3 Å². The largest absolute Gasteiger partial charge is 0.394 e. The van der Waals surface area contributed by atoms with Crippen LogP contribution in [-0.4, -0.2) is 66.0 Å². The van der Waals surface area contributed by atoms with Crippen molar-refractivity contribution in [1.29, 1.82) is 0 Å². The standard InChI is InChI=1S/C11H14N4O5S/c1-21-11-13-8-5(9(19)14-11)12-3-15(8)10-7(18)6(17)4(2-16)20-10/h3-4,6-7,10,16-18H,2H2,1H3,(H,13,14,19)/t4-,6-,7-,10-/m1/s1. The smallest absolute Gasteiger partial charge is 0.279 e. The Bertz CT molecular complexity index is 716. The van der Waals surface area contributed by atoms with Crippen LogP contribution in [0.1, 0.15) is 6.23 Å². The van der Waals surface area contributed by atoms with Gasteiger partial charge in [0, 0.05) is 0 Å². The van der Waals surface area contributed by atoms with Gasteiger partial charge in [-0.15, -0.1) is 0 Å². The number of nitrogens with one attached hydrogen (secondary N) is 1. The lowest BCUT2D eigenvalue weighted by Gasteiger charge is -2.16.